The molecule has 0 saturated heterocycles. The fourth-order valence-corrected chi connectivity index (χ4v) is 2.39. The van der Waals surface area contributed by atoms with Gasteiger partial charge in [0.2, 0.25) is 0 Å². The molecule has 0 aliphatic rings. The highest BCUT2D eigenvalue weighted by Crippen LogP contribution is 2.29. The van der Waals surface area contributed by atoms with Crippen molar-refractivity contribution in [3.63, 3.8) is 0 Å². The van der Waals surface area contributed by atoms with Crippen molar-refractivity contribution in [2.24, 2.45) is 7.05 Å². The summed E-state index contributed by atoms with van der Waals surface area (Å²) in [6.07, 6.45) is 10.1. The second-order valence-corrected chi connectivity index (χ2v) is 4.82. The van der Waals surface area contributed by atoms with Gasteiger partial charge in [0.05, 0.1) is 12.2 Å². The fourth-order valence-electron chi connectivity index (χ4n) is 2.39. The third-order valence-corrected chi connectivity index (χ3v) is 3.30. The number of hydrogen-bond donors (Lipinski definition) is 1. The molecule has 2 heterocycles. The van der Waals surface area contributed by atoms with Gasteiger partial charge < -0.3 is 10.3 Å². The Morgan fingerprint density at radius 1 is 1.40 bits per heavy atom. The van der Waals surface area contributed by atoms with Crippen LogP contribution in [0.1, 0.15) is 31.8 Å². The maximum absolute atomic E-state index is 6.25. The molecule has 0 spiro atoms. The molecule has 0 atom stereocenters. The molecule has 0 bridgehead atoms. The van der Waals surface area contributed by atoms with Gasteiger partial charge in [-0.2, -0.15) is 5.10 Å². The monoisotopic (exact) mass is 271 g/mol. The number of aryl methyl sites for hydroxylation is 3. The largest absolute Gasteiger partial charge is 0.383 e. The number of anilines is 1. The molecule has 106 valence electrons. The third kappa shape index (κ3) is 2.42. The first kappa shape index (κ1) is 14.2. The Morgan fingerprint density at radius 2 is 2.15 bits per heavy atom. The summed E-state index contributed by atoms with van der Waals surface area (Å²) >= 11 is 0. The second kappa shape index (κ2) is 5.83. The summed E-state index contributed by atoms with van der Waals surface area (Å²) in [6, 6.07) is 0. The topological polar surface area (TPSA) is 61.7 Å². The van der Waals surface area contributed by atoms with E-state index in [1.165, 1.54) is 0 Å². The van der Waals surface area contributed by atoms with E-state index in [2.05, 4.69) is 24.9 Å². The van der Waals surface area contributed by atoms with Crippen LogP contribution in [0.3, 0.4) is 0 Å². The van der Waals surface area contributed by atoms with E-state index in [9.17, 15) is 0 Å². The van der Waals surface area contributed by atoms with Crippen molar-refractivity contribution in [2.75, 3.05) is 5.73 Å². The Labute approximate surface area is 119 Å². The van der Waals surface area contributed by atoms with Crippen molar-refractivity contribution in [3.05, 3.63) is 17.7 Å². The van der Waals surface area contributed by atoms with E-state index in [0.29, 0.717) is 12.4 Å². The van der Waals surface area contributed by atoms with E-state index in [4.69, 9.17) is 17.1 Å². The minimum atomic E-state index is 0.454. The molecule has 0 saturated carbocycles. The zero-order valence-corrected chi connectivity index (χ0v) is 12.3. The molecule has 2 rings (SSSR count). The number of nitrogens with zero attached hydrogens (tertiary/aromatic N) is 4. The molecular weight excluding hydrogens is 250 g/mol. The Morgan fingerprint density at radius 3 is 2.75 bits per heavy atom. The molecule has 0 aliphatic heterocycles. The second-order valence-electron chi connectivity index (χ2n) is 4.82. The van der Waals surface area contributed by atoms with E-state index in [0.717, 1.165) is 42.0 Å². The quantitative estimate of drug-likeness (QED) is 0.846. The molecule has 5 nitrogen and oxygen atoms in total. The van der Waals surface area contributed by atoms with Gasteiger partial charge in [0.25, 0.3) is 0 Å². The minimum absolute atomic E-state index is 0.454. The van der Waals surface area contributed by atoms with Crippen molar-refractivity contribution in [2.45, 2.75) is 39.7 Å². The molecule has 5 heteroatoms. The lowest BCUT2D eigenvalue weighted by Crippen LogP contribution is -2.06. The van der Waals surface area contributed by atoms with Crippen molar-refractivity contribution >= 4 is 5.82 Å². The van der Waals surface area contributed by atoms with Crippen molar-refractivity contribution in [1.82, 2.24) is 19.3 Å². The van der Waals surface area contributed by atoms with Crippen LogP contribution < -0.4 is 5.73 Å². The van der Waals surface area contributed by atoms with Gasteiger partial charge in [-0.05, 0) is 12.8 Å². The number of imidazole rings is 1. The van der Waals surface area contributed by atoms with Gasteiger partial charge in [-0.25, -0.2) is 4.98 Å². The molecule has 0 amide bonds. The number of rotatable bonds is 5. The molecule has 2 aromatic rings. The maximum Gasteiger partial charge on any atom is 0.132 e. The normalized spacial score (nSPS) is 10.7. The van der Waals surface area contributed by atoms with Gasteiger partial charge in [-0.15, -0.1) is 6.42 Å². The molecule has 0 unspecified atom stereocenters. The van der Waals surface area contributed by atoms with Gasteiger partial charge in [0, 0.05) is 25.2 Å². The number of nitrogen functional groups attached to an aromatic ring is 1. The molecule has 0 radical (unpaired) electrons. The first-order valence-corrected chi connectivity index (χ1v) is 6.93. The van der Waals surface area contributed by atoms with Crippen LogP contribution in [0, 0.1) is 12.3 Å². The first-order valence-electron chi connectivity index (χ1n) is 6.93. The minimum Gasteiger partial charge on any atom is -0.383 e. The average molecular weight is 271 g/mol. The summed E-state index contributed by atoms with van der Waals surface area (Å²) < 4.78 is 3.72. The Balaban J connectivity index is 2.57. The SMILES string of the molecule is C#CCn1c(CCC)nc(-c2cn(C)nc2CC)c1N. The maximum atomic E-state index is 6.25. The zero-order chi connectivity index (χ0) is 14.7. The van der Waals surface area contributed by atoms with E-state index in [-0.39, 0.29) is 0 Å². The van der Waals surface area contributed by atoms with Crippen LogP contribution in [-0.2, 0) is 26.4 Å². The highest BCUT2D eigenvalue weighted by molar-refractivity contribution is 5.72. The molecule has 2 N–H and O–H groups in total. The van der Waals surface area contributed by atoms with Crippen LogP contribution in [0.2, 0.25) is 0 Å². The summed E-state index contributed by atoms with van der Waals surface area (Å²) in [5.41, 5.74) is 9.06. The van der Waals surface area contributed by atoms with Gasteiger partial charge in [-0.1, -0.05) is 19.8 Å². The highest BCUT2D eigenvalue weighted by atomic mass is 15.3. The zero-order valence-electron chi connectivity index (χ0n) is 12.3. The summed E-state index contributed by atoms with van der Waals surface area (Å²) in [5.74, 6) is 4.23. The Hall–Kier alpha value is -2.22. The lowest BCUT2D eigenvalue weighted by Gasteiger charge is -2.04. The summed E-state index contributed by atoms with van der Waals surface area (Å²) in [6.45, 7) is 4.65. The number of nitrogens with two attached hydrogens (primary N) is 1. The van der Waals surface area contributed by atoms with Crippen LogP contribution in [0.25, 0.3) is 11.3 Å². The average Bonchev–Trinajstić information content (AvgIpc) is 2.93. The van der Waals surface area contributed by atoms with Crippen LogP contribution in [-0.4, -0.2) is 19.3 Å². The third-order valence-electron chi connectivity index (χ3n) is 3.30. The molecule has 0 aliphatic carbocycles. The van der Waals surface area contributed by atoms with E-state index >= 15 is 0 Å². The number of aromatic nitrogens is 4. The first-order chi connectivity index (χ1) is 9.62. The fraction of sp³-hybridized carbons (Fsp3) is 0.467. The van der Waals surface area contributed by atoms with E-state index < -0.39 is 0 Å². The van der Waals surface area contributed by atoms with Crippen molar-refractivity contribution in [3.8, 4) is 23.6 Å². The van der Waals surface area contributed by atoms with E-state index in [1.807, 2.05) is 17.8 Å². The van der Waals surface area contributed by atoms with Gasteiger partial charge >= 0.3 is 0 Å². The highest BCUT2D eigenvalue weighted by Gasteiger charge is 2.19. The molecule has 20 heavy (non-hydrogen) atoms. The molecule has 2 aromatic heterocycles. The van der Waals surface area contributed by atoms with Crippen LogP contribution in [0.5, 0.6) is 0 Å². The Bertz CT molecular complexity index is 642. The van der Waals surface area contributed by atoms with E-state index in [1.54, 1.807) is 4.68 Å². The van der Waals surface area contributed by atoms with Gasteiger partial charge in [0.1, 0.15) is 17.3 Å². The predicted molar refractivity (Wildman–Crippen MR) is 81.0 cm³/mol. The van der Waals surface area contributed by atoms with Gasteiger partial charge in [0.15, 0.2) is 0 Å². The molecule has 0 fully saturated rings. The smallest absolute Gasteiger partial charge is 0.132 e. The Kier molecular flexibility index (Phi) is 4.14. The van der Waals surface area contributed by atoms with Crippen LogP contribution in [0.4, 0.5) is 5.82 Å². The summed E-state index contributed by atoms with van der Waals surface area (Å²) in [5, 5.41) is 4.45. The number of hydrogen-bond acceptors (Lipinski definition) is 3. The molecular formula is C15H21N5. The number of terminal acetylenes is 1. The predicted octanol–water partition coefficient (Wildman–Crippen LogP) is 2.01. The van der Waals surface area contributed by atoms with Crippen LogP contribution >= 0.6 is 0 Å². The van der Waals surface area contributed by atoms with Crippen molar-refractivity contribution in [1.29, 1.82) is 0 Å². The summed E-state index contributed by atoms with van der Waals surface area (Å²) in [4.78, 5) is 4.70. The van der Waals surface area contributed by atoms with Gasteiger partial charge in [-0.3, -0.25) is 4.68 Å². The molecule has 0 aromatic carbocycles. The standard InChI is InChI=1S/C15H21N5/c1-5-8-13-17-14(15(16)20(13)9-6-2)11-10-19(4)18-12(11)7-3/h2,10H,5,7-9,16H2,1,3-4H3. The summed E-state index contributed by atoms with van der Waals surface area (Å²) in [7, 11) is 1.91. The van der Waals surface area contributed by atoms with Crippen LogP contribution in [0.15, 0.2) is 6.20 Å². The van der Waals surface area contributed by atoms with Crippen molar-refractivity contribution < 1.29 is 0 Å². The lowest BCUT2D eigenvalue weighted by atomic mass is 10.1. The lowest BCUT2D eigenvalue weighted by molar-refractivity contribution is 0.733.